The lowest BCUT2D eigenvalue weighted by molar-refractivity contribution is 0.0827. The van der Waals surface area contributed by atoms with Crippen molar-refractivity contribution in [2.75, 3.05) is 43.3 Å². The van der Waals surface area contributed by atoms with Crippen molar-refractivity contribution in [2.24, 2.45) is 0 Å². The van der Waals surface area contributed by atoms with E-state index in [1.807, 2.05) is 23.9 Å². The van der Waals surface area contributed by atoms with E-state index in [9.17, 15) is 4.79 Å². The van der Waals surface area contributed by atoms with Crippen LogP contribution in [-0.4, -0.2) is 49.5 Å². The lowest BCUT2D eigenvalue weighted by Crippen LogP contribution is -2.32. The number of amides is 1. The van der Waals surface area contributed by atoms with Gasteiger partial charge in [-0.1, -0.05) is 0 Å². The van der Waals surface area contributed by atoms with Crippen LogP contribution in [0, 0.1) is 0 Å². The van der Waals surface area contributed by atoms with Gasteiger partial charge in [0.2, 0.25) is 0 Å². The van der Waals surface area contributed by atoms with Crippen LogP contribution in [0.3, 0.4) is 0 Å². The van der Waals surface area contributed by atoms with Gasteiger partial charge < -0.3 is 15.5 Å². The average molecular weight is 279 g/mol. The van der Waals surface area contributed by atoms with Crippen molar-refractivity contribution in [2.45, 2.75) is 12.5 Å². The molecule has 0 bridgehead atoms. The van der Waals surface area contributed by atoms with Gasteiger partial charge >= 0.3 is 0 Å². The Hall–Kier alpha value is -1.36. The van der Waals surface area contributed by atoms with Crippen LogP contribution in [0.15, 0.2) is 18.2 Å². The third kappa shape index (κ3) is 2.97. The van der Waals surface area contributed by atoms with E-state index >= 15 is 0 Å². The maximum atomic E-state index is 12.0. The summed E-state index contributed by atoms with van der Waals surface area (Å²) in [6.45, 7) is 0. The molecular weight excluding hydrogens is 258 g/mol. The van der Waals surface area contributed by atoms with Gasteiger partial charge in [-0.15, -0.1) is 0 Å². The highest BCUT2D eigenvalue weighted by Gasteiger charge is 2.22. The second-order valence-corrected chi connectivity index (χ2v) is 6.25. The molecule has 0 spiro atoms. The topological polar surface area (TPSA) is 49.6 Å². The first-order valence-electron chi connectivity index (χ1n) is 6.42. The molecule has 5 heteroatoms. The molecule has 1 saturated heterocycles. The summed E-state index contributed by atoms with van der Waals surface area (Å²) in [6.07, 6.45) is 1.17. The van der Waals surface area contributed by atoms with Crippen LogP contribution in [0.1, 0.15) is 16.8 Å². The standard InChI is InChI=1S/C14H21N3OS/c1-16(2)14(18)10-4-5-12(15)13(8-10)17(3)11-6-7-19-9-11/h4-5,8,11H,6-7,9,15H2,1-3H3. The number of benzene rings is 1. The van der Waals surface area contributed by atoms with Crippen molar-refractivity contribution in [3.63, 3.8) is 0 Å². The third-order valence-corrected chi connectivity index (χ3v) is 4.66. The minimum Gasteiger partial charge on any atom is -0.397 e. The molecule has 2 N–H and O–H groups in total. The lowest BCUT2D eigenvalue weighted by atomic mass is 10.1. The number of anilines is 2. The van der Waals surface area contributed by atoms with Gasteiger partial charge in [0.25, 0.3) is 5.91 Å². The summed E-state index contributed by atoms with van der Waals surface area (Å²) in [5.41, 5.74) is 8.44. The summed E-state index contributed by atoms with van der Waals surface area (Å²) >= 11 is 1.97. The van der Waals surface area contributed by atoms with Gasteiger partial charge in [-0.25, -0.2) is 0 Å². The van der Waals surface area contributed by atoms with Gasteiger partial charge in [0, 0.05) is 38.5 Å². The van der Waals surface area contributed by atoms with Crippen molar-refractivity contribution in [1.29, 1.82) is 0 Å². The van der Waals surface area contributed by atoms with E-state index in [0.717, 1.165) is 17.1 Å². The van der Waals surface area contributed by atoms with Crippen LogP contribution in [0.5, 0.6) is 0 Å². The Labute approximate surface area is 118 Å². The monoisotopic (exact) mass is 279 g/mol. The summed E-state index contributed by atoms with van der Waals surface area (Å²) in [5.74, 6) is 2.34. The normalized spacial score (nSPS) is 18.4. The van der Waals surface area contributed by atoms with Crippen LogP contribution in [0.25, 0.3) is 0 Å². The predicted octanol–water partition coefficient (Wildman–Crippen LogP) is 1.91. The first-order chi connectivity index (χ1) is 9.00. The van der Waals surface area contributed by atoms with Crippen molar-refractivity contribution >= 4 is 29.0 Å². The number of hydrogen-bond acceptors (Lipinski definition) is 4. The highest BCUT2D eigenvalue weighted by molar-refractivity contribution is 7.99. The summed E-state index contributed by atoms with van der Waals surface area (Å²) in [7, 11) is 5.58. The molecule has 0 aromatic heterocycles. The molecule has 1 unspecified atom stereocenters. The SMILES string of the molecule is CN(C)C(=O)c1ccc(N)c(N(C)C2CCSC2)c1. The largest absolute Gasteiger partial charge is 0.397 e. The summed E-state index contributed by atoms with van der Waals surface area (Å²) < 4.78 is 0. The molecule has 2 rings (SSSR count). The van der Waals surface area contributed by atoms with Crippen LogP contribution in [0.4, 0.5) is 11.4 Å². The number of carbonyl (C=O) groups is 1. The Morgan fingerprint density at radius 3 is 2.68 bits per heavy atom. The highest BCUT2D eigenvalue weighted by atomic mass is 32.2. The number of thioether (sulfide) groups is 1. The first-order valence-corrected chi connectivity index (χ1v) is 7.58. The maximum absolute atomic E-state index is 12.0. The van der Waals surface area contributed by atoms with Crippen molar-refractivity contribution < 1.29 is 4.79 Å². The molecule has 1 fully saturated rings. The Kier molecular flexibility index (Phi) is 4.24. The fourth-order valence-corrected chi connectivity index (χ4v) is 3.53. The van der Waals surface area contributed by atoms with Crippen molar-refractivity contribution in [3.8, 4) is 0 Å². The molecule has 104 valence electrons. The van der Waals surface area contributed by atoms with Gasteiger partial charge in [-0.05, 0) is 30.4 Å². The molecule has 19 heavy (non-hydrogen) atoms. The molecular formula is C14H21N3OS. The fourth-order valence-electron chi connectivity index (χ4n) is 2.26. The second-order valence-electron chi connectivity index (χ2n) is 5.10. The zero-order valence-electron chi connectivity index (χ0n) is 11.7. The zero-order chi connectivity index (χ0) is 14.0. The quantitative estimate of drug-likeness (QED) is 0.859. The van der Waals surface area contributed by atoms with Gasteiger partial charge in [0.1, 0.15) is 0 Å². The van der Waals surface area contributed by atoms with Crippen molar-refractivity contribution in [3.05, 3.63) is 23.8 Å². The molecule has 1 heterocycles. The van der Waals surface area contributed by atoms with E-state index in [4.69, 9.17) is 5.73 Å². The van der Waals surface area contributed by atoms with E-state index < -0.39 is 0 Å². The second kappa shape index (κ2) is 5.74. The third-order valence-electron chi connectivity index (χ3n) is 3.52. The maximum Gasteiger partial charge on any atom is 0.253 e. The van der Waals surface area contributed by atoms with Gasteiger partial charge in [0.05, 0.1) is 11.4 Å². The molecule has 0 aliphatic carbocycles. The zero-order valence-corrected chi connectivity index (χ0v) is 12.5. The van der Waals surface area contributed by atoms with E-state index in [1.165, 1.54) is 12.2 Å². The molecule has 0 saturated carbocycles. The summed E-state index contributed by atoms with van der Waals surface area (Å²) in [6, 6.07) is 6.03. The highest BCUT2D eigenvalue weighted by Crippen LogP contribution is 2.30. The number of carbonyl (C=O) groups excluding carboxylic acids is 1. The molecule has 1 aliphatic heterocycles. The summed E-state index contributed by atoms with van der Waals surface area (Å²) in [5, 5.41) is 0. The molecule has 0 radical (unpaired) electrons. The minimum absolute atomic E-state index is 0.00967. The number of rotatable bonds is 3. The molecule has 1 atom stereocenters. The Morgan fingerprint density at radius 1 is 1.37 bits per heavy atom. The minimum atomic E-state index is 0.00967. The summed E-state index contributed by atoms with van der Waals surface area (Å²) in [4.78, 5) is 15.8. The fraction of sp³-hybridized carbons (Fsp3) is 0.500. The Bertz CT molecular complexity index is 470. The van der Waals surface area contributed by atoms with Gasteiger partial charge in [-0.2, -0.15) is 11.8 Å². The molecule has 1 aromatic rings. The van der Waals surface area contributed by atoms with Gasteiger partial charge in [0.15, 0.2) is 0 Å². The first kappa shape index (κ1) is 14.1. The number of nitrogens with zero attached hydrogens (tertiary/aromatic N) is 2. The lowest BCUT2D eigenvalue weighted by Gasteiger charge is -2.28. The van der Waals surface area contributed by atoms with Crippen LogP contribution >= 0.6 is 11.8 Å². The van der Waals surface area contributed by atoms with Crippen LogP contribution < -0.4 is 10.6 Å². The molecule has 1 aromatic carbocycles. The number of hydrogen-bond donors (Lipinski definition) is 1. The number of nitrogen functional groups attached to an aromatic ring is 1. The van der Waals surface area contributed by atoms with Crippen LogP contribution in [0.2, 0.25) is 0 Å². The van der Waals surface area contributed by atoms with Crippen LogP contribution in [-0.2, 0) is 0 Å². The number of nitrogens with two attached hydrogens (primary N) is 1. The Balaban J connectivity index is 2.28. The molecule has 1 aliphatic rings. The van der Waals surface area contributed by atoms with Crippen molar-refractivity contribution in [1.82, 2.24) is 4.90 Å². The smallest absolute Gasteiger partial charge is 0.253 e. The van der Waals surface area contributed by atoms with E-state index in [2.05, 4.69) is 11.9 Å². The molecule has 4 nitrogen and oxygen atoms in total. The molecule has 1 amide bonds. The van der Waals surface area contributed by atoms with E-state index in [0.29, 0.717) is 11.6 Å². The Morgan fingerprint density at radius 2 is 2.11 bits per heavy atom. The van der Waals surface area contributed by atoms with E-state index in [1.54, 1.807) is 25.1 Å². The van der Waals surface area contributed by atoms with Gasteiger partial charge in [-0.3, -0.25) is 4.79 Å². The van der Waals surface area contributed by atoms with E-state index in [-0.39, 0.29) is 5.91 Å². The average Bonchev–Trinajstić information content (AvgIpc) is 2.91. The predicted molar refractivity (Wildman–Crippen MR) is 83.0 cm³/mol.